The molecule has 3 aromatic heterocycles. The van der Waals surface area contributed by atoms with E-state index in [0.717, 1.165) is 15.7 Å². The highest BCUT2D eigenvalue weighted by molar-refractivity contribution is 7.22. The number of aliphatic carboxylic acids is 1. The molecule has 0 fully saturated rings. The third-order valence-corrected chi connectivity index (χ3v) is 8.62. The number of carboxylic acids is 1. The van der Waals surface area contributed by atoms with Crippen LogP contribution in [-0.4, -0.2) is 31.8 Å². The lowest BCUT2D eigenvalue weighted by Gasteiger charge is -2.25. The van der Waals surface area contributed by atoms with Crippen LogP contribution in [-0.2, 0) is 28.2 Å². The monoisotopic (exact) mass is 573 g/mol. The van der Waals surface area contributed by atoms with Crippen molar-refractivity contribution in [3.8, 4) is 10.8 Å². The first kappa shape index (κ1) is 28.3. The zero-order valence-corrected chi connectivity index (χ0v) is 23.9. The number of benzene rings is 2. The molecule has 41 heavy (non-hydrogen) atoms. The highest BCUT2D eigenvalue weighted by Crippen LogP contribution is 2.36. The number of hydrogen-bond donors (Lipinski definition) is 1. The van der Waals surface area contributed by atoms with Crippen LogP contribution in [0.1, 0.15) is 42.9 Å². The third-order valence-electron chi connectivity index (χ3n) is 7.32. The van der Waals surface area contributed by atoms with E-state index in [-0.39, 0.29) is 17.8 Å². The second kappa shape index (κ2) is 11.7. The number of carboxylic acid groups (broad SMARTS) is 1. The number of hydrogen-bond acceptors (Lipinski definition) is 7. The van der Waals surface area contributed by atoms with Crippen molar-refractivity contribution >= 4 is 27.5 Å². The zero-order valence-electron chi connectivity index (χ0n) is 23.1. The second-order valence-electron chi connectivity index (χ2n) is 10.4. The molecule has 0 aliphatic carbocycles. The van der Waals surface area contributed by atoms with E-state index in [4.69, 9.17) is 9.15 Å². The lowest BCUT2D eigenvalue weighted by molar-refractivity contribution is -0.146. The lowest BCUT2D eigenvalue weighted by atomic mass is 9.96. The van der Waals surface area contributed by atoms with Gasteiger partial charge in [0, 0.05) is 19.1 Å². The predicted molar refractivity (Wildman–Crippen MR) is 157 cm³/mol. The van der Waals surface area contributed by atoms with Crippen molar-refractivity contribution < 1.29 is 19.1 Å². The third kappa shape index (κ3) is 5.53. The van der Waals surface area contributed by atoms with Gasteiger partial charge in [0.15, 0.2) is 0 Å². The Morgan fingerprint density at radius 1 is 1.10 bits per heavy atom. The van der Waals surface area contributed by atoms with Gasteiger partial charge < -0.3 is 14.3 Å². The Labute approximate surface area is 240 Å². The molecule has 1 N–H and O–H groups in total. The van der Waals surface area contributed by atoms with E-state index in [1.165, 1.54) is 42.2 Å². The standard InChI is InChI=1S/C31H31N3O6S/c1-20-24-27(35)34(31(2,3)29(36)37)30(38)33(28(24)41-25(20)26-32-15-17-40-26)18-23(22-12-8-5-9-13-22)14-16-39-19-21-10-6-4-7-11-21/h4-13,15,17,23H,14,16,18-19H2,1-3H3,(H,36,37). The molecule has 0 saturated heterocycles. The SMILES string of the molecule is Cc1c(-c2ncco2)sc2c1c(=O)n(C(C)(C)C(=O)O)c(=O)n2CC(CCOCc1ccccc1)c1ccccc1. The van der Waals surface area contributed by atoms with E-state index < -0.39 is 22.8 Å². The van der Waals surface area contributed by atoms with Crippen molar-refractivity contribution in [2.45, 2.75) is 51.8 Å². The molecule has 1 atom stereocenters. The number of oxazole rings is 1. The maximum atomic E-state index is 14.0. The van der Waals surface area contributed by atoms with Crippen LogP contribution >= 0.6 is 11.3 Å². The summed E-state index contributed by atoms with van der Waals surface area (Å²) in [5.41, 5.74) is -0.444. The topological polar surface area (TPSA) is 117 Å². The predicted octanol–water partition coefficient (Wildman–Crippen LogP) is 5.40. The number of fused-ring (bicyclic) bond motifs is 1. The Bertz CT molecular complexity index is 1770. The molecular formula is C31H31N3O6S. The maximum Gasteiger partial charge on any atom is 0.333 e. The number of ether oxygens (including phenoxy) is 1. The summed E-state index contributed by atoms with van der Waals surface area (Å²) in [4.78, 5) is 45.4. The van der Waals surface area contributed by atoms with Crippen molar-refractivity contribution in [3.05, 3.63) is 111 Å². The molecule has 0 aliphatic rings. The highest BCUT2D eigenvalue weighted by Gasteiger charge is 2.36. The fourth-order valence-corrected chi connectivity index (χ4v) is 6.18. The fourth-order valence-electron chi connectivity index (χ4n) is 4.93. The van der Waals surface area contributed by atoms with Gasteiger partial charge in [-0.2, -0.15) is 0 Å². The fraction of sp³-hybridized carbons (Fsp3) is 0.290. The summed E-state index contributed by atoms with van der Waals surface area (Å²) in [7, 11) is 0. The van der Waals surface area contributed by atoms with Crippen molar-refractivity contribution in [3.63, 3.8) is 0 Å². The number of aryl methyl sites for hydroxylation is 1. The van der Waals surface area contributed by atoms with Crippen LogP contribution in [0, 0.1) is 6.92 Å². The van der Waals surface area contributed by atoms with Gasteiger partial charge in [-0.1, -0.05) is 60.7 Å². The first-order valence-corrected chi connectivity index (χ1v) is 14.1. The molecule has 0 aliphatic heterocycles. The summed E-state index contributed by atoms with van der Waals surface area (Å²) >= 11 is 1.24. The van der Waals surface area contributed by atoms with E-state index in [2.05, 4.69) is 4.98 Å². The Balaban J connectivity index is 1.61. The first-order chi connectivity index (χ1) is 19.7. The smallest absolute Gasteiger partial charge is 0.333 e. The Hall–Kier alpha value is -4.28. The van der Waals surface area contributed by atoms with Gasteiger partial charge in [0.25, 0.3) is 5.56 Å². The lowest BCUT2D eigenvalue weighted by Crippen LogP contribution is -2.52. The minimum absolute atomic E-state index is 0.153. The molecule has 212 valence electrons. The molecule has 0 saturated carbocycles. The van der Waals surface area contributed by atoms with Gasteiger partial charge >= 0.3 is 11.7 Å². The Morgan fingerprint density at radius 2 is 1.78 bits per heavy atom. The minimum Gasteiger partial charge on any atom is -0.480 e. The van der Waals surface area contributed by atoms with Crippen molar-refractivity contribution in [2.75, 3.05) is 6.61 Å². The molecule has 9 nitrogen and oxygen atoms in total. The number of thiophene rings is 1. The molecule has 0 bridgehead atoms. The van der Waals surface area contributed by atoms with E-state index in [1.807, 2.05) is 60.7 Å². The summed E-state index contributed by atoms with van der Waals surface area (Å²) in [6, 6.07) is 19.7. The summed E-state index contributed by atoms with van der Waals surface area (Å²) in [5.74, 6) is -1.10. The first-order valence-electron chi connectivity index (χ1n) is 13.3. The van der Waals surface area contributed by atoms with Crippen molar-refractivity contribution in [2.24, 2.45) is 0 Å². The summed E-state index contributed by atoms with van der Waals surface area (Å²) in [6.07, 6.45) is 3.56. The van der Waals surface area contributed by atoms with Crippen molar-refractivity contribution in [1.82, 2.24) is 14.1 Å². The van der Waals surface area contributed by atoms with Crippen molar-refractivity contribution in [1.29, 1.82) is 0 Å². The average Bonchev–Trinajstić information content (AvgIpc) is 3.61. The molecule has 0 amide bonds. The Morgan fingerprint density at radius 3 is 2.41 bits per heavy atom. The Kier molecular flexibility index (Phi) is 8.05. The zero-order chi connectivity index (χ0) is 29.1. The largest absolute Gasteiger partial charge is 0.480 e. The van der Waals surface area contributed by atoms with E-state index in [0.29, 0.717) is 40.8 Å². The van der Waals surface area contributed by atoms with Crippen LogP contribution < -0.4 is 11.2 Å². The van der Waals surface area contributed by atoms with E-state index in [1.54, 1.807) is 6.92 Å². The van der Waals surface area contributed by atoms with Gasteiger partial charge in [-0.3, -0.25) is 9.36 Å². The van der Waals surface area contributed by atoms with Gasteiger partial charge in [-0.05, 0) is 43.9 Å². The maximum absolute atomic E-state index is 14.0. The van der Waals surface area contributed by atoms with Gasteiger partial charge in [0.05, 0.1) is 23.1 Å². The van der Waals surface area contributed by atoms with Gasteiger partial charge in [-0.15, -0.1) is 11.3 Å². The quantitative estimate of drug-likeness (QED) is 0.210. The second-order valence-corrected chi connectivity index (χ2v) is 11.4. The number of nitrogens with zero attached hydrogens (tertiary/aromatic N) is 3. The van der Waals surface area contributed by atoms with Crippen LogP contribution in [0.25, 0.3) is 21.0 Å². The molecule has 2 aromatic carbocycles. The minimum atomic E-state index is -1.78. The molecule has 0 spiro atoms. The summed E-state index contributed by atoms with van der Waals surface area (Å²) < 4.78 is 13.9. The molecular weight excluding hydrogens is 542 g/mol. The molecule has 1 unspecified atom stereocenters. The van der Waals surface area contributed by atoms with E-state index in [9.17, 15) is 19.5 Å². The number of rotatable bonds is 11. The van der Waals surface area contributed by atoms with Gasteiger partial charge in [0.2, 0.25) is 5.89 Å². The van der Waals surface area contributed by atoms with Crippen LogP contribution in [0.3, 0.4) is 0 Å². The molecule has 3 heterocycles. The summed E-state index contributed by atoms with van der Waals surface area (Å²) in [6.45, 7) is 5.60. The normalized spacial score (nSPS) is 12.6. The van der Waals surface area contributed by atoms with Crippen LogP contribution in [0.2, 0.25) is 0 Å². The van der Waals surface area contributed by atoms with E-state index >= 15 is 0 Å². The molecule has 5 aromatic rings. The average molecular weight is 574 g/mol. The molecule has 10 heteroatoms. The van der Waals surface area contributed by atoms with Crippen LogP contribution in [0.15, 0.2) is 87.1 Å². The van der Waals surface area contributed by atoms with Crippen LogP contribution in [0.5, 0.6) is 0 Å². The van der Waals surface area contributed by atoms with Crippen LogP contribution in [0.4, 0.5) is 0 Å². The van der Waals surface area contributed by atoms with Gasteiger partial charge in [0.1, 0.15) is 16.6 Å². The van der Waals surface area contributed by atoms with Gasteiger partial charge in [-0.25, -0.2) is 19.1 Å². The number of carbonyl (C=O) groups is 1. The molecule has 5 rings (SSSR count). The highest BCUT2D eigenvalue weighted by atomic mass is 32.1. The number of aromatic nitrogens is 3. The summed E-state index contributed by atoms with van der Waals surface area (Å²) in [5, 5.41) is 10.3. The molecule has 0 radical (unpaired) electrons.